The molecular weight excluding hydrogens is 289 g/mol. The highest BCUT2D eigenvalue weighted by molar-refractivity contribution is 6.41. The van der Waals surface area contributed by atoms with E-state index < -0.39 is 0 Å². The summed E-state index contributed by atoms with van der Waals surface area (Å²) in [6.07, 6.45) is 5.23. The number of anilines is 1. The second-order valence-electron chi connectivity index (χ2n) is 5.25. The fourth-order valence-electron chi connectivity index (χ4n) is 2.49. The molecule has 18 heavy (non-hydrogen) atoms. The predicted octanol–water partition coefficient (Wildman–Crippen LogP) is 5.89. The summed E-state index contributed by atoms with van der Waals surface area (Å²) >= 11 is 18.2. The number of hydrogen-bond donors (Lipinski definition) is 1. The van der Waals surface area contributed by atoms with Gasteiger partial charge in [0.05, 0.1) is 15.7 Å². The summed E-state index contributed by atoms with van der Waals surface area (Å²) in [6, 6.07) is 3.44. The zero-order chi connectivity index (χ0) is 13.1. The molecule has 0 aliphatic heterocycles. The van der Waals surface area contributed by atoms with Crippen LogP contribution >= 0.6 is 34.8 Å². The number of benzene rings is 1. The van der Waals surface area contributed by atoms with Crippen LogP contribution in [0, 0.1) is 11.8 Å². The minimum Gasteiger partial charge on any atom is -0.382 e. The lowest BCUT2D eigenvalue weighted by atomic mass is 9.83. The molecule has 4 heteroatoms. The Morgan fingerprint density at radius 1 is 1.06 bits per heavy atom. The van der Waals surface area contributed by atoms with E-state index in [2.05, 4.69) is 12.2 Å². The average Bonchev–Trinajstić information content (AvgIpc) is 2.30. The van der Waals surface area contributed by atoms with Gasteiger partial charge >= 0.3 is 0 Å². The van der Waals surface area contributed by atoms with Gasteiger partial charge in [-0.1, -0.05) is 54.6 Å². The van der Waals surface area contributed by atoms with Crippen LogP contribution in [0.3, 0.4) is 0 Å². The Bertz CT molecular complexity index is 388. The Balaban J connectivity index is 1.94. The van der Waals surface area contributed by atoms with Crippen molar-refractivity contribution < 1.29 is 0 Å². The topological polar surface area (TPSA) is 12.0 Å². The first-order valence-electron chi connectivity index (χ1n) is 6.44. The Labute approximate surface area is 124 Å². The first-order valence-corrected chi connectivity index (χ1v) is 7.58. The Kier molecular flexibility index (Phi) is 5.06. The fourth-order valence-corrected chi connectivity index (χ4v) is 3.44. The highest BCUT2D eigenvalue weighted by Gasteiger charge is 2.18. The molecule has 1 aliphatic rings. The van der Waals surface area contributed by atoms with E-state index in [1.807, 2.05) is 0 Å². The van der Waals surface area contributed by atoms with Crippen LogP contribution in [0.15, 0.2) is 12.1 Å². The van der Waals surface area contributed by atoms with Gasteiger partial charge in [-0.25, -0.2) is 0 Å². The van der Waals surface area contributed by atoms with Gasteiger partial charge in [-0.05, 0) is 36.8 Å². The van der Waals surface area contributed by atoms with Crippen LogP contribution in [0.5, 0.6) is 0 Å². The third-order valence-corrected chi connectivity index (χ3v) is 4.52. The van der Waals surface area contributed by atoms with Crippen molar-refractivity contribution in [3.05, 3.63) is 27.2 Å². The van der Waals surface area contributed by atoms with Crippen molar-refractivity contribution in [3.8, 4) is 0 Å². The van der Waals surface area contributed by atoms with Crippen molar-refractivity contribution >= 4 is 40.5 Å². The first kappa shape index (κ1) is 14.3. The normalized spacial score (nSPS) is 24.0. The zero-order valence-electron chi connectivity index (χ0n) is 10.5. The number of halogens is 3. The summed E-state index contributed by atoms with van der Waals surface area (Å²) in [6.45, 7) is 3.27. The molecule has 0 unspecified atom stereocenters. The summed E-state index contributed by atoms with van der Waals surface area (Å²) < 4.78 is 0. The van der Waals surface area contributed by atoms with Gasteiger partial charge in [0.25, 0.3) is 0 Å². The minimum atomic E-state index is 0.571. The predicted molar refractivity (Wildman–Crippen MR) is 81.1 cm³/mol. The largest absolute Gasteiger partial charge is 0.382 e. The maximum Gasteiger partial charge on any atom is 0.0720 e. The molecule has 1 aliphatic carbocycles. The molecule has 100 valence electrons. The third-order valence-electron chi connectivity index (χ3n) is 3.71. The van der Waals surface area contributed by atoms with Crippen molar-refractivity contribution in [1.82, 2.24) is 0 Å². The van der Waals surface area contributed by atoms with Crippen LogP contribution in [-0.2, 0) is 0 Å². The molecule has 1 aromatic rings. The summed E-state index contributed by atoms with van der Waals surface area (Å²) in [7, 11) is 0. The van der Waals surface area contributed by atoms with E-state index in [-0.39, 0.29) is 0 Å². The van der Waals surface area contributed by atoms with Crippen LogP contribution in [0.4, 0.5) is 5.69 Å². The van der Waals surface area contributed by atoms with E-state index in [9.17, 15) is 0 Å². The van der Waals surface area contributed by atoms with Crippen molar-refractivity contribution in [3.63, 3.8) is 0 Å². The highest BCUT2D eigenvalue weighted by atomic mass is 35.5. The monoisotopic (exact) mass is 305 g/mol. The molecular formula is C14H18Cl3N. The second kappa shape index (κ2) is 6.36. The van der Waals surface area contributed by atoms with Gasteiger partial charge in [0, 0.05) is 11.6 Å². The lowest BCUT2D eigenvalue weighted by Crippen LogP contribution is -2.20. The molecule has 0 aromatic heterocycles. The van der Waals surface area contributed by atoms with Crippen molar-refractivity contribution in [2.45, 2.75) is 32.6 Å². The molecule has 2 rings (SSSR count). The van der Waals surface area contributed by atoms with Crippen molar-refractivity contribution in [1.29, 1.82) is 0 Å². The molecule has 1 aromatic carbocycles. The SMILES string of the molecule is CC1CCC(CNc2c(Cl)cc(Cl)cc2Cl)CC1. The van der Waals surface area contributed by atoms with Crippen LogP contribution in [0.1, 0.15) is 32.6 Å². The van der Waals surface area contributed by atoms with Crippen molar-refractivity contribution in [2.75, 3.05) is 11.9 Å². The van der Waals surface area contributed by atoms with Crippen LogP contribution < -0.4 is 5.32 Å². The molecule has 0 spiro atoms. The van der Waals surface area contributed by atoms with Gasteiger partial charge in [0.15, 0.2) is 0 Å². The fraction of sp³-hybridized carbons (Fsp3) is 0.571. The van der Waals surface area contributed by atoms with E-state index in [4.69, 9.17) is 34.8 Å². The second-order valence-corrected chi connectivity index (χ2v) is 6.50. The van der Waals surface area contributed by atoms with Gasteiger partial charge in [-0.3, -0.25) is 0 Å². The van der Waals surface area contributed by atoms with Gasteiger partial charge in [-0.2, -0.15) is 0 Å². The van der Waals surface area contributed by atoms with E-state index in [1.54, 1.807) is 12.1 Å². The molecule has 1 saturated carbocycles. The van der Waals surface area contributed by atoms with Gasteiger partial charge in [0.1, 0.15) is 0 Å². The third kappa shape index (κ3) is 3.69. The lowest BCUT2D eigenvalue weighted by Gasteiger charge is -2.26. The van der Waals surface area contributed by atoms with Gasteiger partial charge in [-0.15, -0.1) is 0 Å². The zero-order valence-corrected chi connectivity index (χ0v) is 12.7. The number of hydrogen-bond acceptors (Lipinski definition) is 1. The van der Waals surface area contributed by atoms with E-state index in [0.717, 1.165) is 24.1 Å². The Morgan fingerprint density at radius 2 is 1.61 bits per heavy atom. The van der Waals surface area contributed by atoms with E-state index >= 15 is 0 Å². The highest BCUT2D eigenvalue weighted by Crippen LogP contribution is 2.35. The molecule has 0 saturated heterocycles. The number of nitrogens with one attached hydrogen (secondary N) is 1. The molecule has 0 amide bonds. The first-order chi connectivity index (χ1) is 8.56. The maximum absolute atomic E-state index is 6.14. The van der Waals surface area contributed by atoms with Crippen LogP contribution in [-0.4, -0.2) is 6.54 Å². The van der Waals surface area contributed by atoms with Crippen LogP contribution in [0.2, 0.25) is 15.1 Å². The summed E-state index contributed by atoms with van der Waals surface area (Å²) in [5, 5.41) is 5.13. The molecule has 0 atom stereocenters. The van der Waals surface area contributed by atoms with Crippen LogP contribution in [0.25, 0.3) is 0 Å². The standard InChI is InChI=1S/C14H18Cl3N/c1-9-2-4-10(5-3-9)8-18-14-12(16)6-11(15)7-13(14)17/h6-7,9-10,18H,2-5,8H2,1H3. The van der Waals surface area contributed by atoms with E-state index in [0.29, 0.717) is 15.1 Å². The van der Waals surface area contributed by atoms with Gasteiger partial charge < -0.3 is 5.32 Å². The molecule has 1 fully saturated rings. The molecule has 0 bridgehead atoms. The Hall–Kier alpha value is -0.110. The van der Waals surface area contributed by atoms with Crippen molar-refractivity contribution in [2.24, 2.45) is 11.8 Å². The molecule has 0 heterocycles. The maximum atomic E-state index is 6.14. The quantitative estimate of drug-likeness (QED) is 0.734. The molecule has 0 radical (unpaired) electrons. The van der Waals surface area contributed by atoms with E-state index in [1.165, 1.54) is 25.7 Å². The minimum absolute atomic E-state index is 0.571. The summed E-state index contributed by atoms with van der Waals surface area (Å²) in [4.78, 5) is 0. The Morgan fingerprint density at radius 3 is 2.17 bits per heavy atom. The summed E-state index contributed by atoms with van der Waals surface area (Å²) in [5.41, 5.74) is 0.807. The molecule has 1 N–H and O–H groups in total. The lowest BCUT2D eigenvalue weighted by molar-refractivity contribution is 0.300. The number of rotatable bonds is 3. The van der Waals surface area contributed by atoms with Gasteiger partial charge in [0.2, 0.25) is 0 Å². The molecule has 1 nitrogen and oxygen atoms in total. The average molecular weight is 307 g/mol. The smallest absolute Gasteiger partial charge is 0.0720 e. The summed E-state index contributed by atoms with van der Waals surface area (Å²) in [5.74, 6) is 1.60.